The first-order valence-electron chi connectivity index (χ1n) is 7.46. The first-order valence-corrected chi connectivity index (χ1v) is 7.46. The first kappa shape index (κ1) is 14.8. The number of urea groups is 1. The predicted molar refractivity (Wildman–Crippen MR) is 80.8 cm³/mol. The van der Waals surface area contributed by atoms with Crippen molar-refractivity contribution in [3.05, 3.63) is 29.6 Å². The fourth-order valence-electron chi connectivity index (χ4n) is 3.24. The minimum absolute atomic E-state index is 0.0152. The van der Waals surface area contributed by atoms with Gasteiger partial charge in [-0.3, -0.25) is 4.79 Å². The molecule has 2 aliphatic rings. The van der Waals surface area contributed by atoms with Crippen molar-refractivity contribution in [2.75, 3.05) is 11.9 Å². The van der Waals surface area contributed by atoms with Crippen LogP contribution in [0.4, 0.5) is 14.9 Å². The number of anilines is 1. The van der Waals surface area contributed by atoms with Gasteiger partial charge in [0.1, 0.15) is 12.4 Å². The molecule has 1 saturated carbocycles. The van der Waals surface area contributed by atoms with Gasteiger partial charge < -0.3 is 15.5 Å². The normalized spacial score (nSPS) is 20.0. The molecule has 118 valence electrons. The monoisotopic (exact) mass is 305 g/mol. The van der Waals surface area contributed by atoms with Crippen molar-refractivity contribution in [3.8, 4) is 0 Å². The average Bonchev–Trinajstić information content (AvgIpc) is 2.38. The van der Waals surface area contributed by atoms with Crippen LogP contribution >= 0.6 is 0 Å². The highest BCUT2D eigenvalue weighted by molar-refractivity contribution is 5.94. The Balaban J connectivity index is 1.59. The quantitative estimate of drug-likeness (QED) is 0.901. The number of rotatable bonds is 3. The van der Waals surface area contributed by atoms with Crippen LogP contribution in [0, 0.1) is 11.2 Å². The van der Waals surface area contributed by atoms with E-state index in [-0.39, 0.29) is 42.3 Å². The van der Waals surface area contributed by atoms with Gasteiger partial charge in [0.15, 0.2) is 0 Å². The van der Waals surface area contributed by atoms with Crippen molar-refractivity contribution in [1.29, 1.82) is 0 Å². The highest BCUT2D eigenvalue weighted by atomic mass is 19.1. The summed E-state index contributed by atoms with van der Waals surface area (Å²) in [5, 5.41) is 5.62. The molecule has 22 heavy (non-hydrogen) atoms. The molecule has 1 aromatic rings. The maximum atomic E-state index is 13.3. The second kappa shape index (κ2) is 5.26. The van der Waals surface area contributed by atoms with Crippen molar-refractivity contribution in [3.63, 3.8) is 0 Å². The number of halogens is 1. The fourth-order valence-corrected chi connectivity index (χ4v) is 3.24. The molecular weight excluding hydrogens is 285 g/mol. The molecule has 0 radical (unpaired) electrons. The second-order valence-electron chi connectivity index (χ2n) is 6.92. The van der Waals surface area contributed by atoms with E-state index in [9.17, 15) is 14.0 Å². The molecule has 1 aromatic carbocycles. The molecular formula is C16H20FN3O2. The Hall–Kier alpha value is -2.11. The standard InChI is InChI=1S/C16H20FN3O2/c1-16(2)6-12(7-16)18-14(21)9-20-8-10-5-11(17)3-4-13(10)19-15(20)22/h3-5,12H,6-9H2,1-2H3,(H,18,21)(H,19,22). The van der Waals surface area contributed by atoms with E-state index in [1.807, 2.05) is 0 Å². The molecule has 0 spiro atoms. The molecule has 0 saturated heterocycles. The predicted octanol–water partition coefficient (Wildman–Crippen LogP) is 2.48. The van der Waals surface area contributed by atoms with Crippen LogP contribution in [0.5, 0.6) is 0 Å². The zero-order valence-electron chi connectivity index (χ0n) is 12.8. The van der Waals surface area contributed by atoms with Crippen LogP contribution in [0.2, 0.25) is 0 Å². The Morgan fingerprint density at radius 3 is 2.86 bits per heavy atom. The Kier molecular flexibility index (Phi) is 3.54. The third kappa shape index (κ3) is 3.05. The summed E-state index contributed by atoms with van der Waals surface area (Å²) < 4.78 is 13.3. The summed E-state index contributed by atoms with van der Waals surface area (Å²) in [6.07, 6.45) is 1.91. The maximum absolute atomic E-state index is 13.3. The molecule has 0 atom stereocenters. The average molecular weight is 305 g/mol. The Morgan fingerprint density at radius 2 is 2.18 bits per heavy atom. The van der Waals surface area contributed by atoms with E-state index < -0.39 is 0 Å². The molecule has 0 bridgehead atoms. The van der Waals surface area contributed by atoms with Gasteiger partial charge in [-0.25, -0.2) is 9.18 Å². The minimum Gasteiger partial charge on any atom is -0.352 e. The van der Waals surface area contributed by atoms with E-state index >= 15 is 0 Å². The van der Waals surface area contributed by atoms with Crippen LogP contribution in [0.1, 0.15) is 32.3 Å². The summed E-state index contributed by atoms with van der Waals surface area (Å²) in [4.78, 5) is 25.4. The van der Waals surface area contributed by atoms with Gasteiger partial charge in [-0.15, -0.1) is 0 Å². The van der Waals surface area contributed by atoms with Gasteiger partial charge in [-0.05, 0) is 42.0 Å². The number of fused-ring (bicyclic) bond motifs is 1. The molecule has 0 aromatic heterocycles. The summed E-state index contributed by atoms with van der Waals surface area (Å²) in [5.41, 5.74) is 1.57. The summed E-state index contributed by atoms with van der Waals surface area (Å²) in [7, 11) is 0. The third-order valence-electron chi connectivity index (χ3n) is 4.25. The zero-order valence-corrected chi connectivity index (χ0v) is 12.8. The lowest BCUT2D eigenvalue weighted by Gasteiger charge is -2.43. The van der Waals surface area contributed by atoms with Crippen molar-refractivity contribution >= 4 is 17.6 Å². The van der Waals surface area contributed by atoms with E-state index in [4.69, 9.17) is 0 Å². The van der Waals surface area contributed by atoms with Gasteiger partial charge in [0.25, 0.3) is 0 Å². The number of nitrogens with one attached hydrogen (secondary N) is 2. The van der Waals surface area contributed by atoms with Crippen molar-refractivity contribution < 1.29 is 14.0 Å². The van der Waals surface area contributed by atoms with Crippen LogP contribution in [0.15, 0.2) is 18.2 Å². The fraction of sp³-hybridized carbons (Fsp3) is 0.500. The Labute approximate surface area is 128 Å². The van der Waals surface area contributed by atoms with Gasteiger partial charge in [-0.1, -0.05) is 13.8 Å². The Bertz CT molecular complexity index is 622. The smallest absolute Gasteiger partial charge is 0.322 e. The number of benzene rings is 1. The highest BCUT2D eigenvalue weighted by Gasteiger charge is 2.37. The number of carbonyl (C=O) groups is 2. The van der Waals surface area contributed by atoms with E-state index in [1.165, 1.54) is 23.1 Å². The van der Waals surface area contributed by atoms with Crippen LogP contribution in [0.3, 0.4) is 0 Å². The molecule has 1 fully saturated rings. The molecule has 2 N–H and O–H groups in total. The van der Waals surface area contributed by atoms with Gasteiger partial charge in [0, 0.05) is 11.7 Å². The number of amides is 3. The summed E-state index contributed by atoms with van der Waals surface area (Å²) in [5.74, 6) is -0.522. The SMILES string of the molecule is CC1(C)CC(NC(=O)CN2Cc3cc(F)ccc3NC2=O)C1. The molecule has 1 aliphatic heterocycles. The third-order valence-corrected chi connectivity index (χ3v) is 4.25. The summed E-state index contributed by atoms with van der Waals surface area (Å²) in [6.45, 7) is 4.56. The van der Waals surface area contributed by atoms with Gasteiger partial charge in [-0.2, -0.15) is 0 Å². The van der Waals surface area contributed by atoms with Crippen LogP contribution < -0.4 is 10.6 Å². The largest absolute Gasteiger partial charge is 0.352 e. The highest BCUT2D eigenvalue weighted by Crippen LogP contribution is 2.39. The van der Waals surface area contributed by atoms with E-state index in [0.717, 1.165) is 12.8 Å². The number of hydrogen-bond donors (Lipinski definition) is 2. The van der Waals surface area contributed by atoms with Gasteiger partial charge in [0.2, 0.25) is 5.91 Å². The lowest BCUT2D eigenvalue weighted by Crippen LogP contribution is -2.52. The van der Waals surface area contributed by atoms with E-state index in [1.54, 1.807) is 0 Å². The molecule has 5 nitrogen and oxygen atoms in total. The van der Waals surface area contributed by atoms with Crippen LogP contribution in [0.25, 0.3) is 0 Å². The molecule has 3 amide bonds. The number of hydrogen-bond acceptors (Lipinski definition) is 2. The lowest BCUT2D eigenvalue weighted by molar-refractivity contribution is -0.123. The van der Waals surface area contributed by atoms with Gasteiger partial charge in [0.05, 0.1) is 6.54 Å². The number of nitrogens with zero attached hydrogens (tertiary/aromatic N) is 1. The topological polar surface area (TPSA) is 61.4 Å². The summed E-state index contributed by atoms with van der Waals surface area (Å²) >= 11 is 0. The lowest BCUT2D eigenvalue weighted by atomic mass is 9.68. The molecule has 6 heteroatoms. The van der Waals surface area contributed by atoms with Crippen LogP contribution in [-0.4, -0.2) is 29.4 Å². The molecule has 1 aliphatic carbocycles. The van der Waals surface area contributed by atoms with Gasteiger partial charge >= 0.3 is 6.03 Å². The van der Waals surface area contributed by atoms with E-state index in [0.29, 0.717) is 11.3 Å². The number of carbonyl (C=O) groups excluding carboxylic acids is 2. The molecule has 0 unspecified atom stereocenters. The van der Waals surface area contributed by atoms with E-state index in [2.05, 4.69) is 24.5 Å². The van der Waals surface area contributed by atoms with Crippen molar-refractivity contribution in [2.45, 2.75) is 39.3 Å². The minimum atomic E-state index is -0.351. The maximum Gasteiger partial charge on any atom is 0.322 e. The first-order chi connectivity index (χ1) is 10.3. The summed E-state index contributed by atoms with van der Waals surface area (Å²) in [6, 6.07) is 4.09. The second-order valence-corrected chi connectivity index (χ2v) is 6.92. The van der Waals surface area contributed by atoms with Crippen molar-refractivity contribution in [1.82, 2.24) is 10.2 Å². The molecule has 1 heterocycles. The van der Waals surface area contributed by atoms with Crippen LogP contribution in [-0.2, 0) is 11.3 Å². The Morgan fingerprint density at radius 1 is 1.45 bits per heavy atom. The zero-order chi connectivity index (χ0) is 15.9. The van der Waals surface area contributed by atoms with Crippen molar-refractivity contribution in [2.24, 2.45) is 5.41 Å². The molecule has 3 rings (SSSR count).